The van der Waals surface area contributed by atoms with Crippen LogP contribution < -0.4 is 0 Å². The van der Waals surface area contributed by atoms with E-state index in [1.54, 1.807) is 0 Å². The maximum absolute atomic E-state index is 10.8. The summed E-state index contributed by atoms with van der Waals surface area (Å²) in [7, 11) is 0. The Hall–Kier alpha value is -0.900. The van der Waals surface area contributed by atoms with E-state index in [9.17, 15) is 5.11 Å². The van der Waals surface area contributed by atoms with Gasteiger partial charge in [0.05, 0.1) is 12.1 Å². The van der Waals surface area contributed by atoms with Crippen LogP contribution in [0.3, 0.4) is 0 Å². The number of hydrogen-bond donors (Lipinski definition) is 1. The second-order valence-electron chi connectivity index (χ2n) is 6.65. The summed E-state index contributed by atoms with van der Waals surface area (Å²) in [6.07, 6.45) is 3.67. The van der Waals surface area contributed by atoms with E-state index in [1.807, 2.05) is 0 Å². The van der Waals surface area contributed by atoms with Gasteiger partial charge in [-0.25, -0.2) is 0 Å². The van der Waals surface area contributed by atoms with Crippen LogP contribution in [0.2, 0.25) is 0 Å². The van der Waals surface area contributed by atoms with Gasteiger partial charge in [-0.1, -0.05) is 30.7 Å². The Morgan fingerprint density at radius 3 is 2.50 bits per heavy atom. The van der Waals surface area contributed by atoms with Crippen LogP contribution in [0.5, 0.6) is 0 Å². The summed E-state index contributed by atoms with van der Waals surface area (Å²) < 4.78 is 0. The molecule has 0 radical (unpaired) electrons. The van der Waals surface area contributed by atoms with E-state index in [0.717, 1.165) is 31.1 Å². The quantitative estimate of drug-likeness (QED) is 0.911. The first kappa shape index (κ1) is 12.8. The van der Waals surface area contributed by atoms with Gasteiger partial charge >= 0.3 is 0 Å². The molecule has 4 fully saturated rings. The molecule has 1 N–H and O–H groups in total. The molecule has 2 atom stereocenters. The first-order valence-corrected chi connectivity index (χ1v) is 8.05. The minimum atomic E-state index is -0.335. The molecule has 3 saturated heterocycles. The Morgan fingerprint density at radius 1 is 1.10 bits per heavy atom. The monoisotopic (exact) mass is 272 g/mol. The third-order valence-electron chi connectivity index (χ3n) is 5.51. The largest absolute Gasteiger partial charge is 0.387 e. The summed E-state index contributed by atoms with van der Waals surface area (Å²) in [5, 5.41) is 10.8. The van der Waals surface area contributed by atoms with Gasteiger partial charge in [-0.05, 0) is 29.9 Å². The molecule has 2 unspecified atom stereocenters. The molecule has 5 rings (SSSR count). The molecule has 0 spiro atoms. The highest BCUT2D eigenvalue weighted by Crippen LogP contribution is 2.37. The van der Waals surface area contributed by atoms with Crippen molar-refractivity contribution < 1.29 is 5.11 Å². The fraction of sp³-hybridized carbons (Fsp3) is 0.647. The van der Waals surface area contributed by atoms with Crippen molar-refractivity contribution in [3.05, 3.63) is 35.4 Å². The normalized spacial score (nSPS) is 34.8. The highest BCUT2D eigenvalue weighted by atomic mass is 16.3. The lowest BCUT2D eigenvalue weighted by Gasteiger charge is -2.49. The molecule has 1 saturated carbocycles. The van der Waals surface area contributed by atoms with Gasteiger partial charge in [0.25, 0.3) is 0 Å². The van der Waals surface area contributed by atoms with Crippen LogP contribution in [-0.4, -0.2) is 53.7 Å². The third kappa shape index (κ3) is 2.18. The number of hydrogen-bond acceptors (Lipinski definition) is 3. The van der Waals surface area contributed by atoms with E-state index < -0.39 is 0 Å². The summed E-state index contributed by atoms with van der Waals surface area (Å²) in [4.78, 5) is 4.96. The predicted octanol–water partition coefficient (Wildman–Crippen LogP) is 1.99. The lowest BCUT2D eigenvalue weighted by molar-refractivity contribution is -0.0470. The van der Waals surface area contributed by atoms with Crippen molar-refractivity contribution in [1.82, 2.24) is 9.80 Å². The molecule has 1 aliphatic carbocycles. The lowest BCUT2D eigenvalue weighted by Crippen LogP contribution is -2.62. The molecule has 3 nitrogen and oxygen atoms in total. The second kappa shape index (κ2) is 5.14. The van der Waals surface area contributed by atoms with Gasteiger partial charge in [0.15, 0.2) is 0 Å². The van der Waals surface area contributed by atoms with Crippen LogP contribution in [0.15, 0.2) is 24.3 Å². The number of rotatable bonds is 3. The Labute approximate surface area is 121 Å². The minimum Gasteiger partial charge on any atom is -0.387 e. The van der Waals surface area contributed by atoms with Crippen LogP contribution >= 0.6 is 0 Å². The van der Waals surface area contributed by atoms with Gasteiger partial charge in [0, 0.05) is 32.7 Å². The van der Waals surface area contributed by atoms with Crippen molar-refractivity contribution in [2.45, 2.75) is 37.3 Å². The average Bonchev–Trinajstić information content (AvgIpc) is 2.46. The molecule has 1 aromatic rings. The van der Waals surface area contributed by atoms with Crippen LogP contribution in [-0.2, 0) is 0 Å². The molecular formula is C17H24N2O. The van der Waals surface area contributed by atoms with E-state index in [-0.39, 0.29) is 12.1 Å². The maximum atomic E-state index is 10.8. The van der Waals surface area contributed by atoms with E-state index in [0.29, 0.717) is 0 Å². The van der Waals surface area contributed by atoms with Gasteiger partial charge in [-0.2, -0.15) is 0 Å². The van der Waals surface area contributed by atoms with Gasteiger partial charge in [0.2, 0.25) is 0 Å². The van der Waals surface area contributed by atoms with Crippen molar-refractivity contribution in [1.29, 1.82) is 0 Å². The summed E-state index contributed by atoms with van der Waals surface area (Å²) in [6, 6.07) is 9.01. The lowest BCUT2D eigenvalue weighted by atomic mass is 9.79. The predicted molar refractivity (Wildman–Crippen MR) is 79.8 cm³/mol. The number of aliphatic hydroxyl groups excluding tert-OH is 1. The smallest absolute Gasteiger partial charge is 0.0957 e. The van der Waals surface area contributed by atoms with Crippen LogP contribution in [0.25, 0.3) is 0 Å². The SMILES string of the molecule is OC(c1cccc(C2CCC2)c1)C1CN2CCN1CC2. The first-order valence-electron chi connectivity index (χ1n) is 8.05. The highest BCUT2D eigenvalue weighted by Gasteiger charge is 2.36. The van der Waals surface area contributed by atoms with E-state index in [1.165, 1.54) is 37.9 Å². The van der Waals surface area contributed by atoms with Gasteiger partial charge in [0.1, 0.15) is 0 Å². The van der Waals surface area contributed by atoms with E-state index >= 15 is 0 Å². The summed E-state index contributed by atoms with van der Waals surface area (Å²) in [6.45, 7) is 5.60. The van der Waals surface area contributed by atoms with Crippen LogP contribution in [0.4, 0.5) is 0 Å². The number of nitrogens with zero attached hydrogens (tertiary/aromatic N) is 2. The Kier molecular flexibility index (Phi) is 3.29. The molecule has 3 heterocycles. The molecule has 0 aromatic heterocycles. The Morgan fingerprint density at radius 2 is 1.90 bits per heavy atom. The number of fused-ring (bicyclic) bond motifs is 3. The van der Waals surface area contributed by atoms with Crippen molar-refractivity contribution in [2.75, 3.05) is 32.7 Å². The first-order chi connectivity index (χ1) is 9.81. The number of aliphatic hydroxyl groups is 1. The molecule has 4 aliphatic rings. The average molecular weight is 272 g/mol. The van der Waals surface area contributed by atoms with Gasteiger partial charge < -0.3 is 5.11 Å². The second-order valence-corrected chi connectivity index (χ2v) is 6.65. The minimum absolute atomic E-state index is 0.286. The fourth-order valence-electron chi connectivity index (χ4n) is 3.92. The number of benzene rings is 1. The topological polar surface area (TPSA) is 26.7 Å². The zero-order valence-corrected chi connectivity index (χ0v) is 12.0. The molecule has 0 amide bonds. The molecule has 3 heteroatoms. The highest BCUT2D eigenvalue weighted by molar-refractivity contribution is 5.30. The summed E-state index contributed by atoms with van der Waals surface area (Å²) in [5.41, 5.74) is 2.55. The zero-order chi connectivity index (χ0) is 13.5. The van der Waals surface area contributed by atoms with E-state index in [2.05, 4.69) is 34.1 Å². The Balaban J connectivity index is 1.54. The molecular weight excluding hydrogens is 248 g/mol. The van der Waals surface area contributed by atoms with Crippen molar-refractivity contribution >= 4 is 0 Å². The molecule has 108 valence electrons. The van der Waals surface area contributed by atoms with Crippen molar-refractivity contribution in [3.8, 4) is 0 Å². The number of piperazine rings is 3. The van der Waals surface area contributed by atoms with Gasteiger partial charge in [-0.3, -0.25) is 9.80 Å². The molecule has 1 aromatic carbocycles. The summed E-state index contributed by atoms with van der Waals surface area (Å²) in [5.74, 6) is 0.744. The standard InChI is InChI=1S/C17H24N2O/c20-17(16-12-18-7-9-19(16)10-8-18)15-6-2-5-14(11-15)13-3-1-4-13/h2,5-6,11,13,16-17,20H,1,3-4,7-10,12H2. The van der Waals surface area contributed by atoms with Gasteiger partial charge in [-0.15, -0.1) is 0 Å². The van der Waals surface area contributed by atoms with Crippen molar-refractivity contribution in [3.63, 3.8) is 0 Å². The Bertz CT molecular complexity index is 478. The zero-order valence-electron chi connectivity index (χ0n) is 12.0. The van der Waals surface area contributed by atoms with Crippen LogP contribution in [0, 0.1) is 0 Å². The van der Waals surface area contributed by atoms with Crippen molar-refractivity contribution in [2.24, 2.45) is 0 Å². The fourth-order valence-corrected chi connectivity index (χ4v) is 3.92. The summed E-state index contributed by atoms with van der Waals surface area (Å²) >= 11 is 0. The van der Waals surface area contributed by atoms with Crippen LogP contribution in [0.1, 0.15) is 42.4 Å². The molecule has 20 heavy (non-hydrogen) atoms. The molecule has 3 aliphatic heterocycles. The maximum Gasteiger partial charge on any atom is 0.0957 e. The van der Waals surface area contributed by atoms with E-state index in [4.69, 9.17) is 0 Å². The molecule has 2 bridgehead atoms. The third-order valence-corrected chi connectivity index (χ3v) is 5.51.